The number of benzene rings is 1. The molecule has 1 aromatic heterocycles. The molecule has 0 spiro atoms. The third-order valence-electron chi connectivity index (χ3n) is 3.52. The summed E-state index contributed by atoms with van der Waals surface area (Å²) < 4.78 is 0. The van der Waals surface area contributed by atoms with Crippen LogP contribution in [-0.2, 0) is 16.8 Å². The van der Waals surface area contributed by atoms with Crippen LogP contribution in [0.4, 0.5) is 0 Å². The molecule has 1 amide bonds. The average molecular weight is 268 g/mol. The van der Waals surface area contributed by atoms with E-state index in [1.54, 1.807) is 12.4 Å². The monoisotopic (exact) mass is 268 g/mol. The maximum absolute atomic E-state index is 12.4. The molecule has 0 unspecified atom stereocenters. The van der Waals surface area contributed by atoms with Crippen molar-refractivity contribution in [1.82, 2.24) is 10.3 Å². The molecule has 0 aliphatic heterocycles. The van der Waals surface area contributed by atoms with E-state index in [0.717, 1.165) is 11.1 Å². The van der Waals surface area contributed by atoms with Gasteiger partial charge >= 0.3 is 0 Å². The number of carbonyl (C=O) groups excluding carboxylic acids is 1. The molecule has 3 nitrogen and oxygen atoms in total. The Morgan fingerprint density at radius 2 is 1.90 bits per heavy atom. The largest absolute Gasteiger partial charge is 0.351 e. The Hall–Kier alpha value is -2.16. The highest BCUT2D eigenvalue weighted by Gasteiger charge is 2.29. The average Bonchev–Trinajstić information content (AvgIpc) is 2.46. The van der Waals surface area contributed by atoms with Crippen LogP contribution < -0.4 is 5.32 Å². The van der Waals surface area contributed by atoms with Crippen LogP contribution in [0.25, 0.3) is 0 Å². The highest BCUT2D eigenvalue weighted by Crippen LogP contribution is 2.23. The van der Waals surface area contributed by atoms with E-state index in [0.29, 0.717) is 6.54 Å². The van der Waals surface area contributed by atoms with Crippen LogP contribution in [0, 0.1) is 6.92 Å². The summed E-state index contributed by atoms with van der Waals surface area (Å²) >= 11 is 0. The van der Waals surface area contributed by atoms with Gasteiger partial charge in [-0.1, -0.05) is 35.9 Å². The van der Waals surface area contributed by atoms with Crippen molar-refractivity contribution in [1.29, 1.82) is 0 Å². The van der Waals surface area contributed by atoms with Gasteiger partial charge in [0.15, 0.2) is 0 Å². The molecule has 0 aliphatic carbocycles. The second-order valence-corrected chi connectivity index (χ2v) is 5.53. The lowest BCUT2D eigenvalue weighted by atomic mass is 9.83. The molecular weight excluding hydrogens is 248 g/mol. The molecular formula is C17H20N2O. The second-order valence-electron chi connectivity index (χ2n) is 5.53. The molecule has 0 atom stereocenters. The van der Waals surface area contributed by atoms with Gasteiger partial charge in [-0.3, -0.25) is 9.78 Å². The van der Waals surface area contributed by atoms with Crippen molar-refractivity contribution in [2.75, 3.05) is 0 Å². The minimum Gasteiger partial charge on any atom is -0.351 e. The normalized spacial score (nSPS) is 11.2. The number of carbonyl (C=O) groups is 1. The molecule has 0 aliphatic rings. The van der Waals surface area contributed by atoms with Gasteiger partial charge in [-0.05, 0) is 38.0 Å². The Kier molecular flexibility index (Phi) is 4.18. The first kappa shape index (κ1) is 14.3. The lowest BCUT2D eigenvalue weighted by Gasteiger charge is -2.24. The topological polar surface area (TPSA) is 42.0 Å². The maximum atomic E-state index is 12.4. The number of aromatic nitrogens is 1. The third-order valence-corrected chi connectivity index (χ3v) is 3.52. The summed E-state index contributed by atoms with van der Waals surface area (Å²) in [5.74, 6) is 0.0187. The summed E-state index contributed by atoms with van der Waals surface area (Å²) in [7, 11) is 0. The van der Waals surface area contributed by atoms with Crippen molar-refractivity contribution in [2.45, 2.75) is 32.7 Å². The maximum Gasteiger partial charge on any atom is 0.230 e. The number of hydrogen-bond donors (Lipinski definition) is 1. The van der Waals surface area contributed by atoms with E-state index in [1.807, 2.05) is 57.2 Å². The van der Waals surface area contributed by atoms with Crippen molar-refractivity contribution in [3.05, 3.63) is 65.5 Å². The molecule has 1 aromatic carbocycles. The van der Waals surface area contributed by atoms with Crippen LogP contribution in [0.15, 0.2) is 48.8 Å². The summed E-state index contributed by atoms with van der Waals surface area (Å²) in [6, 6.07) is 11.9. The zero-order chi connectivity index (χ0) is 14.6. The van der Waals surface area contributed by atoms with Gasteiger partial charge in [0.25, 0.3) is 0 Å². The SMILES string of the molecule is Cc1ccc(C(C)(C)C(=O)NCc2cccnc2)cc1. The van der Waals surface area contributed by atoms with E-state index in [2.05, 4.69) is 10.3 Å². The molecule has 1 heterocycles. The Labute approximate surface area is 120 Å². The van der Waals surface area contributed by atoms with Crippen molar-refractivity contribution < 1.29 is 4.79 Å². The minimum atomic E-state index is -0.546. The number of nitrogens with one attached hydrogen (secondary N) is 1. The van der Waals surface area contributed by atoms with Crippen LogP contribution in [-0.4, -0.2) is 10.9 Å². The molecule has 3 heteroatoms. The van der Waals surface area contributed by atoms with E-state index in [1.165, 1.54) is 5.56 Å². The Morgan fingerprint density at radius 3 is 2.50 bits per heavy atom. The number of pyridine rings is 1. The molecule has 20 heavy (non-hydrogen) atoms. The summed E-state index contributed by atoms with van der Waals surface area (Å²) in [4.78, 5) is 16.4. The van der Waals surface area contributed by atoms with Crippen molar-refractivity contribution in [3.8, 4) is 0 Å². The van der Waals surface area contributed by atoms with Gasteiger partial charge in [0.2, 0.25) is 5.91 Å². The van der Waals surface area contributed by atoms with Gasteiger partial charge in [-0.15, -0.1) is 0 Å². The number of hydrogen-bond acceptors (Lipinski definition) is 2. The van der Waals surface area contributed by atoms with Crippen LogP contribution >= 0.6 is 0 Å². The summed E-state index contributed by atoms with van der Waals surface area (Å²) in [6.07, 6.45) is 3.49. The Balaban J connectivity index is 2.05. The Bertz CT molecular complexity index is 574. The molecule has 0 saturated heterocycles. The van der Waals surface area contributed by atoms with Crippen molar-refractivity contribution in [3.63, 3.8) is 0 Å². The van der Waals surface area contributed by atoms with Crippen LogP contribution in [0.1, 0.15) is 30.5 Å². The smallest absolute Gasteiger partial charge is 0.230 e. The number of rotatable bonds is 4. The van der Waals surface area contributed by atoms with E-state index in [4.69, 9.17) is 0 Å². The zero-order valence-electron chi connectivity index (χ0n) is 12.2. The first-order valence-corrected chi connectivity index (χ1v) is 6.74. The number of amides is 1. The first-order valence-electron chi connectivity index (χ1n) is 6.74. The highest BCUT2D eigenvalue weighted by molar-refractivity contribution is 5.87. The molecule has 0 fully saturated rings. The fourth-order valence-corrected chi connectivity index (χ4v) is 2.01. The van der Waals surface area contributed by atoms with E-state index < -0.39 is 5.41 Å². The minimum absolute atomic E-state index is 0.0187. The van der Waals surface area contributed by atoms with Crippen molar-refractivity contribution >= 4 is 5.91 Å². The van der Waals surface area contributed by atoms with Gasteiger partial charge < -0.3 is 5.32 Å². The third kappa shape index (κ3) is 3.23. The second kappa shape index (κ2) is 5.87. The van der Waals surface area contributed by atoms with Gasteiger partial charge in [-0.2, -0.15) is 0 Å². The summed E-state index contributed by atoms with van der Waals surface area (Å²) in [6.45, 7) is 6.42. The lowest BCUT2D eigenvalue weighted by molar-refractivity contribution is -0.125. The van der Waals surface area contributed by atoms with Crippen LogP contribution in [0.2, 0.25) is 0 Å². The number of nitrogens with zero attached hydrogens (tertiary/aromatic N) is 1. The molecule has 0 radical (unpaired) electrons. The van der Waals surface area contributed by atoms with Crippen LogP contribution in [0.3, 0.4) is 0 Å². The predicted molar refractivity (Wildman–Crippen MR) is 80.3 cm³/mol. The van der Waals surface area contributed by atoms with Crippen LogP contribution in [0.5, 0.6) is 0 Å². The fourth-order valence-electron chi connectivity index (χ4n) is 2.01. The predicted octanol–water partition coefficient (Wildman–Crippen LogP) is 2.98. The van der Waals surface area contributed by atoms with Gasteiger partial charge in [0.1, 0.15) is 0 Å². The molecule has 1 N–H and O–H groups in total. The van der Waals surface area contributed by atoms with Gasteiger partial charge in [0, 0.05) is 18.9 Å². The highest BCUT2D eigenvalue weighted by atomic mass is 16.2. The molecule has 2 rings (SSSR count). The first-order chi connectivity index (χ1) is 9.50. The zero-order valence-corrected chi connectivity index (χ0v) is 12.2. The fraction of sp³-hybridized carbons (Fsp3) is 0.294. The summed E-state index contributed by atoms with van der Waals surface area (Å²) in [5.41, 5.74) is 2.67. The molecule has 104 valence electrons. The van der Waals surface area contributed by atoms with E-state index >= 15 is 0 Å². The van der Waals surface area contributed by atoms with Gasteiger partial charge in [0.05, 0.1) is 5.41 Å². The van der Waals surface area contributed by atoms with E-state index in [-0.39, 0.29) is 5.91 Å². The van der Waals surface area contributed by atoms with Crippen molar-refractivity contribution in [2.24, 2.45) is 0 Å². The van der Waals surface area contributed by atoms with Gasteiger partial charge in [-0.25, -0.2) is 0 Å². The Morgan fingerprint density at radius 1 is 1.20 bits per heavy atom. The standard InChI is InChI=1S/C17H20N2O/c1-13-6-8-15(9-7-13)17(2,3)16(20)19-12-14-5-4-10-18-11-14/h4-11H,12H2,1-3H3,(H,19,20). The number of aryl methyl sites for hydroxylation is 1. The summed E-state index contributed by atoms with van der Waals surface area (Å²) in [5, 5.41) is 2.97. The van der Waals surface area contributed by atoms with E-state index in [9.17, 15) is 4.79 Å². The quantitative estimate of drug-likeness (QED) is 0.926. The molecule has 2 aromatic rings. The lowest BCUT2D eigenvalue weighted by Crippen LogP contribution is -2.39. The molecule has 0 saturated carbocycles. The molecule has 0 bridgehead atoms.